The van der Waals surface area contributed by atoms with E-state index in [1.807, 2.05) is 22.7 Å². The highest BCUT2D eigenvalue weighted by Gasteiger charge is 2.22. The molecule has 1 aromatic heterocycles. The Balaban J connectivity index is 1.73. The van der Waals surface area contributed by atoms with Crippen LogP contribution in [-0.2, 0) is 17.8 Å². The first-order chi connectivity index (χ1) is 12.5. The van der Waals surface area contributed by atoms with Crippen LogP contribution in [0.1, 0.15) is 43.6 Å². The monoisotopic (exact) mass is 371 g/mol. The number of para-hydroxylation sites is 1. The second-order valence-electron chi connectivity index (χ2n) is 7.44. The van der Waals surface area contributed by atoms with Crippen molar-refractivity contribution in [3.63, 3.8) is 0 Å². The molecule has 26 heavy (non-hydrogen) atoms. The molecular formula is C21H29N3OS. The fourth-order valence-electron chi connectivity index (χ4n) is 3.57. The summed E-state index contributed by atoms with van der Waals surface area (Å²) in [5.74, 6) is 1.85. The number of carbonyl (C=O) groups excluding carboxylic acids is 1. The number of rotatable bonds is 5. The van der Waals surface area contributed by atoms with Crippen LogP contribution in [0, 0.1) is 19.8 Å². The second kappa shape index (κ2) is 8.30. The number of carbonyl (C=O) groups is 1. The van der Waals surface area contributed by atoms with E-state index in [1.165, 1.54) is 16.2 Å². The van der Waals surface area contributed by atoms with Gasteiger partial charge in [0.05, 0.1) is 11.4 Å². The van der Waals surface area contributed by atoms with E-state index >= 15 is 0 Å². The van der Waals surface area contributed by atoms with Gasteiger partial charge in [0.1, 0.15) is 0 Å². The summed E-state index contributed by atoms with van der Waals surface area (Å²) >= 11 is 1.85. The fraction of sp³-hybridized carbons (Fsp3) is 0.524. The predicted molar refractivity (Wildman–Crippen MR) is 109 cm³/mol. The summed E-state index contributed by atoms with van der Waals surface area (Å²) < 4.78 is 2.09. The summed E-state index contributed by atoms with van der Waals surface area (Å²) in [5, 5.41) is 4.68. The van der Waals surface area contributed by atoms with Gasteiger partial charge in [-0.3, -0.25) is 9.48 Å². The predicted octanol–water partition coefficient (Wildman–Crippen LogP) is 4.62. The molecule has 1 amide bonds. The normalized spacial score (nSPS) is 14.4. The van der Waals surface area contributed by atoms with E-state index in [-0.39, 0.29) is 5.91 Å². The van der Waals surface area contributed by atoms with Gasteiger partial charge < -0.3 is 4.90 Å². The van der Waals surface area contributed by atoms with Crippen molar-refractivity contribution in [2.45, 2.75) is 58.4 Å². The third-order valence-corrected chi connectivity index (χ3v) is 6.05. The van der Waals surface area contributed by atoms with Crippen LogP contribution in [0.25, 0.3) is 0 Å². The number of benzene rings is 1. The first-order valence-electron chi connectivity index (χ1n) is 9.52. The zero-order valence-electron chi connectivity index (χ0n) is 16.3. The van der Waals surface area contributed by atoms with Crippen molar-refractivity contribution in [1.29, 1.82) is 0 Å². The maximum atomic E-state index is 13.0. The van der Waals surface area contributed by atoms with Crippen molar-refractivity contribution in [2.75, 3.05) is 17.2 Å². The number of anilines is 1. The third-order valence-electron chi connectivity index (χ3n) is 4.90. The first-order valence-corrected chi connectivity index (χ1v) is 10.5. The highest BCUT2D eigenvalue weighted by Crippen LogP contribution is 2.34. The van der Waals surface area contributed by atoms with Gasteiger partial charge in [0.25, 0.3) is 0 Å². The maximum absolute atomic E-state index is 13.0. The number of fused-ring (bicyclic) bond motifs is 1. The minimum absolute atomic E-state index is 0.218. The van der Waals surface area contributed by atoms with Gasteiger partial charge in [0, 0.05) is 30.1 Å². The summed E-state index contributed by atoms with van der Waals surface area (Å²) in [5.41, 5.74) is 4.57. The highest BCUT2D eigenvalue weighted by molar-refractivity contribution is 7.99. The summed E-state index contributed by atoms with van der Waals surface area (Å²) in [6, 6.07) is 8.27. The minimum atomic E-state index is 0.218. The largest absolute Gasteiger partial charge is 0.311 e. The molecule has 0 saturated carbocycles. The molecule has 4 nitrogen and oxygen atoms in total. The Morgan fingerprint density at radius 3 is 2.81 bits per heavy atom. The van der Waals surface area contributed by atoms with E-state index in [1.54, 1.807) is 0 Å². The molecule has 1 aliphatic heterocycles. The zero-order chi connectivity index (χ0) is 18.7. The average molecular weight is 372 g/mol. The average Bonchev–Trinajstić information content (AvgIpc) is 2.77. The molecule has 0 unspecified atom stereocenters. The molecule has 0 radical (unpaired) electrons. The molecule has 0 aliphatic carbocycles. The van der Waals surface area contributed by atoms with E-state index in [4.69, 9.17) is 0 Å². The molecule has 1 aliphatic rings. The minimum Gasteiger partial charge on any atom is -0.311 e. The van der Waals surface area contributed by atoms with Gasteiger partial charge in [-0.1, -0.05) is 26.0 Å². The van der Waals surface area contributed by atoms with Crippen molar-refractivity contribution in [3.05, 3.63) is 41.2 Å². The number of amides is 1. The Hall–Kier alpha value is -1.75. The maximum Gasteiger partial charge on any atom is 0.227 e. The van der Waals surface area contributed by atoms with E-state index < -0.39 is 0 Å². The SMILES string of the molecule is Cc1nn(CC(C)C)c(C)c1CCC(=O)N1CCCSc2ccccc21. The van der Waals surface area contributed by atoms with Crippen molar-refractivity contribution in [3.8, 4) is 0 Å². The van der Waals surface area contributed by atoms with Crippen LogP contribution < -0.4 is 4.90 Å². The molecule has 2 aromatic rings. The van der Waals surface area contributed by atoms with E-state index in [2.05, 4.69) is 55.7 Å². The number of aromatic nitrogens is 2. The molecule has 0 spiro atoms. The lowest BCUT2D eigenvalue weighted by Gasteiger charge is -2.22. The second-order valence-corrected chi connectivity index (χ2v) is 8.58. The van der Waals surface area contributed by atoms with E-state index in [0.717, 1.165) is 43.1 Å². The number of aryl methyl sites for hydroxylation is 1. The van der Waals surface area contributed by atoms with Crippen LogP contribution in [0.4, 0.5) is 5.69 Å². The zero-order valence-corrected chi connectivity index (χ0v) is 17.1. The van der Waals surface area contributed by atoms with Crippen LogP contribution in [-0.4, -0.2) is 28.0 Å². The number of thioether (sulfide) groups is 1. The lowest BCUT2D eigenvalue weighted by Crippen LogP contribution is -2.32. The van der Waals surface area contributed by atoms with Gasteiger partial charge in [-0.25, -0.2) is 0 Å². The Bertz CT molecular complexity index is 782. The Labute approximate surface area is 161 Å². The topological polar surface area (TPSA) is 38.1 Å². The van der Waals surface area contributed by atoms with Gasteiger partial charge in [-0.15, -0.1) is 11.8 Å². The van der Waals surface area contributed by atoms with Gasteiger partial charge in [0.2, 0.25) is 5.91 Å². The Morgan fingerprint density at radius 1 is 1.27 bits per heavy atom. The Kier molecular flexibility index (Phi) is 6.07. The molecule has 0 saturated heterocycles. The van der Waals surface area contributed by atoms with Gasteiger partial charge in [0.15, 0.2) is 0 Å². The lowest BCUT2D eigenvalue weighted by atomic mass is 10.1. The number of nitrogens with zero attached hydrogens (tertiary/aromatic N) is 3. The molecule has 3 rings (SSSR count). The van der Waals surface area contributed by atoms with Gasteiger partial charge >= 0.3 is 0 Å². The molecule has 5 heteroatoms. The molecule has 2 heterocycles. The number of hydrogen-bond donors (Lipinski definition) is 0. The molecule has 1 aromatic carbocycles. The summed E-state index contributed by atoms with van der Waals surface area (Å²) in [4.78, 5) is 16.2. The highest BCUT2D eigenvalue weighted by atomic mass is 32.2. The molecule has 0 atom stereocenters. The van der Waals surface area contributed by atoms with E-state index in [0.29, 0.717) is 12.3 Å². The van der Waals surface area contributed by atoms with Gasteiger partial charge in [-0.2, -0.15) is 5.10 Å². The summed E-state index contributed by atoms with van der Waals surface area (Å²) in [6.07, 6.45) is 2.34. The van der Waals surface area contributed by atoms with Crippen molar-refractivity contribution >= 4 is 23.4 Å². The third kappa shape index (κ3) is 4.14. The van der Waals surface area contributed by atoms with Crippen LogP contribution in [0.3, 0.4) is 0 Å². The van der Waals surface area contributed by atoms with Gasteiger partial charge in [-0.05, 0) is 56.1 Å². The smallest absolute Gasteiger partial charge is 0.227 e. The summed E-state index contributed by atoms with van der Waals surface area (Å²) in [6.45, 7) is 10.3. The standard InChI is InChI=1S/C21H29N3OS/c1-15(2)14-24-17(4)18(16(3)22-24)10-11-21(25)23-12-7-13-26-20-9-6-5-8-19(20)23/h5-6,8-9,15H,7,10-14H2,1-4H3. The lowest BCUT2D eigenvalue weighted by molar-refractivity contribution is -0.118. The summed E-state index contributed by atoms with van der Waals surface area (Å²) in [7, 11) is 0. The van der Waals surface area contributed by atoms with Crippen LogP contribution in [0.5, 0.6) is 0 Å². The molecule has 0 fully saturated rings. The van der Waals surface area contributed by atoms with Crippen molar-refractivity contribution in [2.24, 2.45) is 5.92 Å². The van der Waals surface area contributed by atoms with Crippen molar-refractivity contribution in [1.82, 2.24) is 9.78 Å². The quantitative estimate of drug-likeness (QED) is 0.770. The van der Waals surface area contributed by atoms with E-state index in [9.17, 15) is 4.79 Å². The molecule has 0 bridgehead atoms. The molecular weight excluding hydrogens is 342 g/mol. The van der Waals surface area contributed by atoms with Crippen LogP contribution in [0.15, 0.2) is 29.2 Å². The van der Waals surface area contributed by atoms with Crippen molar-refractivity contribution < 1.29 is 4.79 Å². The van der Waals surface area contributed by atoms with Crippen LogP contribution in [0.2, 0.25) is 0 Å². The fourth-order valence-corrected chi connectivity index (χ4v) is 4.57. The molecule has 140 valence electrons. The number of hydrogen-bond acceptors (Lipinski definition) is 3. The Morgan fingerprint density at radius 2 is 2.04 bits per heavy atom. The first kappa shape index (κ1) is 19.0. The van der Waals surface area contributed by atoms with Crippen LogP contribution >= 0.6 is 11.8 Å². The molecule has 0 N–H and O–H groups in total.